The molecule has 2 nitrogen and oxygen atoms in total. The van der Waals surface area contributed by atoms with Crippen molar-refractivity contribution in [3.8, 4) is 0 Å². The smallest absolute Gasteiger partial charge is 0.423 e. The molecule has 0 aliphatic carbocycles. The van der Waals surface area contributed by atoms with Gasteiger partial charge in [-0.3, -0.25) is 0 Å². The van der Waals surface area contributed by atoms with Crippen LogP contribution in [-0.2, 0) is 23.9 Å². The molecule has 1 aliphatic rings. The number of thiophene rings is 1. The largest absolute Gasteiger partial charge is 0.491 e. The van der Waals surface area contributed by atoms with Gasteiger partial charge in [0, 0.05) is 11.5 Å². The minimum Gasteiger partial charge on any atom is -0.423 e. The molecule has 0 amide bonds. The van der Waals surface area contributed by atoms with Crippen LogP contribution in [0.2, 0.25) is 0 Å². The maximum Gasteiger partial charge on any atom is 0.491 e. The third kappa shape index (κ3) is 2.76. The molecule has 2 aromatic rings. The molecule has 0 saturated heterocycles. The van der Waals surface area contributed by atoms with E-state index in [0.29, 0.717) is 6.61 Å². The highest BCUT2D eigenvalue weighted by Gasteiger charge is 2.24. The molecular formula is C15H17BO2S. The quantitative estimate of drug-likeness (QED) is 0.867. The van der Waals surface area contributed by atoms with E-state index in [1.807, 2.05) is 11.3 Å². The normalized spacial score (nSPS) is 14.5. The third-order valence-corrected chi connectivity index (χ3v) is 4.82. The van der Waals surface area contributed by atoms with Gasteiger partial charge in [-0.1, -0.05) is 18.2 Å². The fraction of sp³-hybridized carbons (Fsp3) is 0.333. The van der Waals surface area contributed by atoms with E-state index in [1.165, 1.54) is 21.6 Å². The van der Waals surface area contributed by atoms with Gasteiger partial charge in [-0.2, -0.15) is 0 Å². The Morgan fingerprint density at radius 3 is 3.00 bits per heavy atom. The van der Waals surface area contributed by atoms with Gasteiger partial charge in [0.2, 0.25) is 0 Å². The summed E-state index contributed by atoms with van der Waals surface area (Å²) in [7, 11) is -0.743. The van der Waals surface area contributed by atoms with Crippen LogP contribution < -0.4 is 5.46 Å². The summed E-state index contributed by atoms with van der Waals surface area (Å²) in [6, 6.07) is 8.59. The number of rotatable bonds is 3. The highest BCUT2D eigenvalue weighted by molar-refractivity contribution is 7.10. The lowest BCUT2D eigenvalue weighted by Crippen LogP contribution is -2.41. The Morgan fingerprint density at radius 2 is 2.21 bits per heavy atom. The van der Waals surface area contributed by atoms with Crippen LogP contribution in [0.4, 0.5) is 0 Å². The van der Waals surface area contributed by atoms with Gasteiger partial charge < -0.3 is 9.68 Å². The molecule has 0 spiro atoms. The first-order valence-electron chi connectivity index (χ1n) is 6.68. The van der Waals surface area contributed by atoms with Crippen molar-refractivity contribution in [3.63, 3.8) is 0 Å². The number of hydrogen-bond acceptors (Lipinski definition) is 3. The van der Waals surface area contributed by atoms with E-state index in [2.05, 4.69) is 36.6 Å². The van der Waals surface area contributed by atoms with Crippen LogP contribution >= 0.6 is 11.3 Å². The monoisotopic (exact) mass is 272 g/mol. The molecule has 0 unspecified atom stereocenters. The van der Waals surface area contributed by atoms with Crippen molar-refractivity contribution in [2.75, 3.05) is 6.61 Å². The van der Waals surface area contributed by atoms with E-state index in [-0.39, 0.29) is 0 Å². The van der Waals surface area contributed by atoms with Gasteiger partial charge in [-0.15, -0.1) is 11.3 Å². The summed E-state index contributed by atoms with van der Waals surface area (Å²) in [5.41, 5.74) is 4.82. The summed E-state index contributed by atoms with van der Waals surface area (Å²) in [6.45, 7) is 2.78. The van der Waals surface area contributed by atoms with E-state index in [1.54, 1.807) is 0 Å². The third-order valence-electron chi connectivity index (χ3n) is 3.73. The molecule has 0 bridgehead atoms. The molecule has 19 heavy (non-hydrogen) atoms. The van der Waals surface area contributed by atoms with Crippen LogP contribution in [0, 0.1) is 6.92 Å². The lowest BCUT2D eigenvalue weighted by Gasteiger charge is -2.19. The van der Waals surface area contributed by atoms with Crippen LogP contribution in [0.1, 0.15) is 21.6 Å². The van der Waals surface area contributed by atoms with Gasteiger partial charge in [-0.25, -0.2) is 0 Å². The zero-order valence-electron chi connectivity index (χ0n) is 11.1. The van der Waals surface area contributed by atoms with Gasteiger partial charge in [0.05, 0.1) is 0 Å². The maximum absolute atomic E-state index is 9.86. The summed E-state index contributed by atoms with van der Waals surface area (Å²) >= 11 is 1.82. The predicted octanol–water partition coefficient (Wildman–Crippen LogP) is 2.10. The Labute approximate surface area is 118 Å². The Balaban J connectivity index is 1.75. The van der Waals surface area contributed by atoms with Crippen molar-refractivity contribution < 1.29 is 9.68 Å². The second-order valence-corrected chi connectivity index (χ2v) is 6.03. The summed E-state index contributed by atoms with van der Waals surface area (Å²) in [6.07, 6.45) is 2.98. The van der Waals surface area contributed by atoms with Gasteiger partial charge in [0.25, 0.3) is 0 Å². The van der Waals surface area contributed by atoms with Gasteiger partial charge in [-0.05, 0) is 59.8 Å². The van der Waals surface area contributed by atoms with E-state index in [9.17, 15) is 5.02 Å². The SMILES string of the molecule is Cc1ccsc1CCc1ccc2c(c1)B(O)OCC2. The number of aryl methyl sites for hydroxylation is 3. The molecule has 4 heteroatoms. The number of fused-ring (bicyclic) bond motifs is 1. The number of benzene rings is 1. The fourth-order valence-electron chi connectivity index (χ4n) is 2.55. The molecule has 1 aromatic heterocycles. The van der Waals surface area contributed by atoms with E-state index in [4.69, 9.17) is 4.65 Å². The van der Waals surface area contributed by atoms with Gasteiger partial charge >= 0.3 is 7.12 Å². The van der Waals surface area contributed by atoms with Crippen molar-refractivity contribution in [3.05, 3.63) is 51.2 Å². The van der Waals surface area contributed by atoms with Crippen molar-refractivity contribution in [2.45, 2.75) is 26.2 Å². The Bertz CT molecular complexity index is 579. The van der Waals surface area contributed by atoms with Gasteiger partial charge in [0.15, 0.2) is 0 Å². The molecule has 1 N–H and O–H groups in total. The zero-order chi connectivity index (χ0) is 13.2. The standard InChI is InChI=1S/C15H17BO2S/c1-11-7-9-19-15(11)5-3-12-2-4-13-6-8-18-16(17)14(13)10-12/h2,4,7,9-10,17H,3,5-6,8H2,1H3. The summed E-state index contributed by atoms with van der Waals surface area (Å²) in [5.74, 6) is 0. The van der Waals surface area contributed by atoms with Crippen LogP contribution in [0.5, 0.6) is 0 Å². The first-order valence-corrected chi connectivity index (χ1v) is 7.56. The average molecular weight is 272 g/mol. The molecule has 0 atom stereocenters. The lowest BCUT2D eigenvalue weighted by atomic mass is 9.73. The molecule has 0 radical (unpaired) electrons. The second-order valence-electron chi connectivity index (χ2n) is 5.03. The van der Waals surface area contributed by atoms with Crippen LogP contribution in [0.25, 0.3) is 0 Å². The van der Waals surface area contributed by atoms with E-state index < -0.39 is 7.12 Å². The first kappa shape index (κ1) is 12.9. The molecule has 1 aromatic carbocycles. The maximum atomic E-state index is 9.86. The van der Waals surface area contributed by atoms with Crippen molar-refractivity contribution in [1.29, 1.82) is 0 Å². The molecule has 0 fully saturated rings. The van der Waals surface area contributed by atoms with Crippen LogP contribution in [-0.4, -0.2) is 18.7 Å². The van der Waals surface area contributed by atoms with E-state index >= 15 is 0 Å². The van der Waals surface area contributed by atoms with Crippen LogP contribution in [0.15, 0.2) is 29.6 Å². The molecule has 2 heterocycles. The fourth-order valence-corrected chi connectivity index (χ4v) is 3.46. The van der Waals surface area contributed by atoms with Crippen molar-refractivity contribution >= 4 is 23.9 Å². The summed E-state index contributed by atoms with van der Waals surface area (Å²) in [5, 5.41) is 12.0. The van der Waals surface area contributed by atoms with E-state index in [0.717, 1.165) is 24.7 Å². The average Bonchev–Trinajstić information content (AvgIpc) is 2.83. The number of hydrogen-bond donors (Lipinski definition) is 1. The molecule has 0 saturated carbocycles. The highest BCUT2D eigenvalue weighted by Crippen LogP contribution is 2.18. The topological polar surface area (TPSA) is 29.5 Å². The Morgan fingerprint density at radius 1 is 1.32 bits per heavy atom. The van der Waals surface area contributed by atoms with Crippen LogP contribution in [0.3, 0.4) is 0 Å². The Kier molecular flexibility index (Phi) is 3.73. The molecule has 98 valence electrons. The molecule has 1 aliphatic heterocycles. The lowest BCUT2D eigenvalue weighted by molar-refractivity contribution is 0.266. The van der Waals surface area contributed by atoms with Crippen molar-refractivity contribution in [1.82, 2.24) is 0 Å². The molecular weight excluding hydrogens is 255 g/mol. The van der Waals surface area contributed by atoms with Crippen molar-refractivity contribution in [2.24, 2.45) is 0 Å². The minimum absolute atomic E-state index is 0.613. The highest BCUT2D eigenvalue weighted by atomic mass is 32.1. The first-order chi connectivity index (χ1) is 9.24. The summed E-state index contributed by atoms with van der Waals surface area (Å²) < 4.78 is 5.29. The Hall–Kier alpha value is -1.10. The molecule has 3 rings (SSSR count). The zero-order valence-corrected chi connectivity index (χ0v) is 11.9. The minimum atomic E-state index is -0.743. The predicted molar refractivity (Wildman–Crippen MR) is 80.2 cm³/mol. The van der Waals surface area contributed by atoms with Gasteiger partial charge in [0.1, 0.15) is 0 Å². The summed E-state index contributed by atoms with van der Waals surface area (Å²) in [4.78, 5) is 1.45. The second kappa shape index (κ2) is 5.49.